The molecule has 6 aromatic rings. The van der Waals surface area contributed by atoms with Gasteiger partial charge in [-0.2, -0.15) is 0 Å². The Hall–Kier alpha value is -6.19. The number of amides is 5. The van der Waals surface area contributed by atoms with Crippen LogP contribution >= 0.6 is 104 Å². The molecule has 103 heavy (non-hydrogen) atoms. The van der Waals surface area contributed by atoms with Gasteiger partial charge in [0.25, 0.3) is 17.7 Å². The van der Waals surface area contributed by atoms with E-state index in [2.05, 4.69) is 36.6 Å². The Labute approximate surface area is 652 Å². The number of esters is 2. The molecule has 1 aliphatic heterocycles. The van der Waals surface area contributed by atoms with Crippen molar-refractivity contribution in [2.24, 2.45) is 5.73 Å². The van der Waals surface area contributed by atoms with E-state index in [1.165, 1.54) is 43.5 Å². The SMILES string of the molecule is COC(=O)[C@H](CN)NC(=O)c1c(Cl)cc(C(O)CCc2cccc(Cl)c2)cc1Cl.COC(=O)[C@H](CNC(=O)OC(C)(C)C)NC(=O)c1c(Cl)cc(C(O)CCc2cccc(Cl)c2)cc1Cl.O=C(N[C@@H](CNC(=O)[C@H]1C[C@@H](O)CN1)C(=O)O)c1c(Cl)cc(C(O)CCc2cccc(Cl)c2)cc1Cl.[Li+].[OH-]. The molecule has 24 nitrogen and oxygen atoms in total. The van der Waals surface area contributed by atoms with Crippen molar-refractivity contribution < 1.29 is 102 Å². The van der Waals surface area contributed by atoms with Gasteiger partial charge in [-0.25, -0.2) is 19.2 Å². The Balaban J connectivity index is 0.000000400. The molecule has 3 unspecified atom stereocenters. The van der Waals surface area contributed by atoms with Crippen molar-refractivity contribution in [3.05, 3.63) is 204 Å². The smallest absolute Gasteiger partial charge is 0.870 e. The van der Waals surface area contributed by atoms with Crippen LogP contribution in [0, 0.1) is 0 Å². The molecule has 0 aliphatic carbocycles. The number of aliphatic carboxylic acids is 1. The number of carbonyl (C=O) groups excluding carboxylic acids is 7. The number of methoxy groups -OCH3 is 2. The second-order valence-corrected chi connectivity index (χ2v) is 27.6. The molecule has 8 atom stereocenters. The van der Waals surface area contributed by atoms with Crippen LogP contribution in [0.1, 0.15) is 129 Å². The van der Waals surface area contributed by atoms with E-state index in [4.69, 9.17) is 120 Å². The number of alkyl carbamates (subject to hydrolysis) is 1. The van der Waals surface area contributed by atoms with Crippen molar-refractivity contribution in [3.8, 4) is 0 Å². The first-order chi connectivity index (χ1) is 47.6. The van der Waals surface area contributed by atoms with Crippen LogP contribution in [0.5, 0.6) is 0 Å². The summed E-state index contributed by atoms with van der Waals surface area (Å²) in [5.41, 5.74) is 8.69. The van der Waals surface area contributed by atoms with Crippen molar-refractivity contribution in [3.63, 3.8) is 0 Å². The zero-order valence-corrected chi connectivity index (χ0v) is 63.2. The largest absolute Gasteiger partial charge is 1.00 e. The topological polar surface area (TPSA) is 394 Å². The van der Waals surface area contributed by atoms with Crippen LogP contribution < -0.4 is 56.5 Å². The second-order valence-electron chi connectivity index (χ2n) is 23.8. The molecule has 1 aliphatic rings. The minimum Gasteiger partial charge on any atom is -0.870 e. The van der Waals surface area contributed by atoms with Crippen LogP contribution in [0.25, 0.3) is 0 Å². The molecule has 1 saturated heterocycles. The van der Waals surface area contributed by atoms with Crippen molar-refractivity contribution in [2.45, 2.75) is 120 Å². The molecule has 0 radical (unpaired) electrons. The van der Waals surface area contributed by atoms with Crippen LogP contribution in [-0.2, 0) is 52.7 Å². The van der Waals surface area contributed by atoms with Gasteiger partial charge >= 0.3 is 42.9 Å². The number of carbonyl (C=O) groups is 8. The van der Waals surface area contributed by atoms with Gasteiger partial charge in [0, 0.05) is 34.7 Å². The third-order valence-electron chi connectivity index (χ3n) is 15.0. The number of benzene rings is 6. The Morgan fingerprint density at radius 2 is 0.864 bits per heavy atom. The van der Waals surface area contributed by atoms with Gasteiger partial charge in [-0.1, -0.05) is 141 Å². The summed E-state index contributed by atoms with van der Waals surface area (Å²) in [7, 11) is 2.34. The van der Waals surface area contributed by atoms with Gasteiger partial charge < -0.3 is 82.9 Å². The van der Waals surface area contributed by atoms with E-state index in [0.717, 1.165) is 23.8 Å². The Bertz CT molecular complexity index is 3850. The van der Waals surface area contributed by atoms with Crippen LogP contribution in [0.2, 0.25) is 45.2 Å². The maximum absolute atomic E-state index is 12.9. The van der Waals surface area contributed by atoms with E-state index in [1.54, 1.807) is 45.0 Å². The van der Waals surface area contributed by atoms with E-state index in [1.807, 2.05) is 48.5 Å². The van der Waals surface area contributed by atoms with Crippen molar-refractivity contribution >= 4 is 152 Å². The average Bonchev–Trinajstić information content (AvgIpc) is 1.46. The third kappa shape index (κ3) is 29.6. The molecule has 0 spiro atoms. The summed E-state index contributed by atoms with van der Waals surface area (Å²) in [6, 6.07) is 26.2. The molecule has 0 bridgehead atoms. The molecule has 7 rings (SSSR count). The fourth-order valence-electron chi connectivity index (χ4n) is 9.82. The van der Waals surface area contributed by atoms with E-state index in [0.29, 0.717) is 70.3 Å². The molecule has 1 fully saturated rings. The summed E-state index contributed by atoms with van der Waals surface area (Å²) in [5.74, 6) is -5.60. The molecule has 34 heteroatoms. The zero-order valence-electron chi connectivity index (χ0n) is 56.4. The maximum Gasteiger partial charge on any atom is 1.00 e. The number of aliphatic hydroxyl groups excluding tert-OH is 4. The van der Waals surface area contributed by atoms with Gasteiger partial charge in [-0.15, -0.1) is 0 Å². The molecular weight excluding hydrogens is 1520 g/mol. The molecular formula is C69H77Cl9LiN7O17. The van der Waals surface area contributed by atoms with Crippen LogP contribution in [-0.4, -0.2) is 155 Å². The summed E-state index contributed by atoms with van der Waals surface area (Å²) in [6.45, 7) is 4.51. The summed E-state index contributed by atoms with van der Waals surface area (Å²) in [5, 5.41) is 67.3. The maximum atomic E-state index is 12.9. The first-order valence-corrected chi connectivity index (χ1v) is 34.4. The third-order valence-corrected chi connectivity index (χ3v) is 17.5. The summed E-state index contributed by atoms with van der Waals surface area (Å²) in [6.07, 6.45) is -1.02. The number of ether oxygens (including phenoxy) is 3. The standard InChI is InChI=1S/C25H29Cl3N2O6.C24H26Cl3N3O6.C20H21Cl3N2O4.Li.H2O/c1-25(2,3)36-24(34)29-13-19(23(33)35-4)30-22(32)21-17(27)11-15(12-18(21)28)20(31)9-8-14-6-5-7-16(26)10-14;25-14-3-1-2-12(6-14)4-5-20(32)13-7-16(26)21(17(27)8-13)23(34)30-19(24(35)36)11-29-22(33)18-9-15(31)10-28-18;1-29-20(28)16(10-24)25-19(27)18-14(22)8-12(9-15(18)23)17(26)6-5-11-3-2-4-13(21)7-11;;/h5-7,10-12,19-20,31H,8-9,13H2,1-4H3,(H,29,34)(H,30,32);1-3,6-8,15,18-20,28,31-32H,4-5,9-11H2,(H,29,33)(H,30,34)(H,35,36);2-4,7-9,16-17,26H,5-6,10,24H2,1H3,(H,25,27);;1H2/q;;;+1;/p-1/t19-,20?;15-,18-,19+,20?;16-,17?;;/m010../s1. The van der Waals surface area contributed by atoms with Crippen molar-refractivity contribution in [2.75, 3.05) is 40.4 Å². The number of hydrogen-bond acceptors (Lipinski definition) is 18. The normalized spacial score (nSPS) is 14.7. The number of β-amino-alcohol motifs (C(OH)–C–C–N with tert-alkyl or cyclic N) is 1. The predicted molar refractivity (Wildman–Crippen MR) is 390 cm³/mol. The number of carboxylic acids is 1. The molecule has 0 aromatic heterocycles. The number of halogens is 9. The Morgan fingerprint density at radius 3 is 1.17 bits per heavy atom. The van der Waals surface area contributed by atoms with E-state index < -0.39 is 102 Å². The van der Waals surface area contributed by atoms with E-state index >= 15 is 0 Å². The van der Waals surface area contributed by atoms with Gasteiger partial charge in [0.05, 0.1) is 98.0 Å². The van der Waals surface area contributed by atoms with Crippen molar-refractivity contribution in [1.82, 2.24) is 31.9 Å². The quantitative estimate of drug-likeness (QED) is 0.0133. The van der Waals surface area contributed by atoms with Gasteiger partial charge in [0.1, 0.15) is 23.7 Å². The summed E-state index contributed by atoms with van der Waals surface area (Å²) >= 11 is 55.6. The van der Waals surface area contributed by atoms with E-state index in [9.17, 15) is 63.9 Å². The minimum atomic E-state index is -1.46. The number of aryl methyl sites for hydroxylation is 3. The van der Waals surface area contributed by atoms with Gasteiger partial charge in [0.2, 0.25) is 5.91 Å². The number of rotatable bonds is 27. The van der Waals surface area contributed by atoms with Gasteiger partial charge in [-0.3, -0.25) is 19.2 Å². The number of hydrogen-bond donors (Lipinski definition) is 12. The van der Waals surface area contributed by atoms with Crippen LogP contribution in [0.4, 0.5) is 4.79 Å². The fourth-order valence-corrected chi connectivity index (χ4v) is 12.5. The predicted octanol–water partition coefficient (Wildman–Crippen LogP) is 7.81. The number of nitrogens with one attached hydrogen (secondary N) is 6. The molecule has 5 amide bonds. The Kier molecular flexibility index (Phi) is 38.9. The number of aliphatic hydroxyl groups is 4. The van der Waals surface area contributed by atoms with E-state index in [-0.39, 0.29) is 104 Å². The number of nitrogens with two attached hydrogens (primary N) is 1. The molecule has 0 saturated carbocycles. The minimum absolute atomic E-state index is 0. The summed E-state index contributed by atoms with van der Waals surface area (Å²) in [4.78, 5) is 97.7. The Morgan fingerprint density at radius 1 is 0.534 bits per heavy atom. The van der Waals surface area contributed by atoms with Gasteiger partial charge in [0.15, 0.2) is 0 Å². The zero-order chi connectivity index (χ0) is 75.0. The molecule has 1 heterocycles. The second kappa shape index (κ2) is 44.1. The van der Waals surface area contributed by atoms with Crippen LogP contribution in [0.15, 0.2) is 109 Å². The first-order valence-electron chi connectivity index (χ1n) is 31.0. The van der Waals surface area contributed by atoms with Crippen LogP contribution in [0.3, 0.4) is 0 Å². The molecule has 554 valence electrons. The monoisotopic (exact) mass is 1600 g/mol. The number of carboxylic acid groups (broad SMARTS) is 1. The molecule has 6 aromatic carbocycles. The summed E-state index contributed by atoms with van der Waals surface area (Å²) < 4.78 is 14.4. The molecule has 14 N–H and O–H groups in total. The fraction of sp³-hybridized carbons (Fsp3) is 0.362. The van der Waals surface area contributed by atoms with Gasteiger partial charge in [-0.05, 0) is 172 Å². The first kappa shape index (κ1) is 91.0. The average molecular weight is 1600 g/mol. The van der Waals surface area contributed by atoms with Crippen molar-refractivity contribution in [1.29, 1.82) is 0 Å².